The predicted molar refractivity (Wildman–Crippen MR) is 79.9 cm³/mol. The van der Waals surface area contributed by atoms with Crippen molar-refractivity contribution in [3.05, 3.63) is 38.9 Å². The number of carbonyl (C=O) groups is 1. The Bertz CT molecular complexity index is 564. The van der Waals surface area contributed by atoms with Gasteiger partial charge in [-0.2, -0.15) is 0 Å². The second-order valence-corrected chi connectivity index (χ2v) is 5.91. The summed E-state index contributed by atoms with van der Waals surface area (Å²) in [7, 11) is 0. The lowest BCUT2D eigenvalue weighted by atomic mass is 9.92. The maximum Gasteiger partial charge on any atom is 0.288 e. The van der Waals surface area contributed by atoms with Crippen molar-refractivity contribution in [2.24, 2.45) is 11.7 Å². The third kappa shape index (κ3) is 3.71. The molecule has 2 unspecified atom stereocenters. The van der Waals surface area contributed by atoms with Gasteiger partial charge in [0.15, 0.2) is 0 Å². The highest BCUT2D eigenvalue weighted by molar-refractivity contribution is 6.32. The monoisotopic (exact) mass is 311 g/mol. The van der Waals surface area contributed by atoms with Crippen LogP contribution in [0.3, 0.4) is 0 Å². The molecule has 1 saturated heterocycles. The smallest absolute Gasteiger partial charge is 0.288 e. The predicted octanol–water partition coefficient (Wildman–Crippen LogP) is 2.33. The van der Waals surface area contributed by atoms with Gasteiger partial charge in [0.25, 0.3) is 5.69 Å². The summed E-state index contributed by atoms with van der Waals surface area (Å²) in [6.45, 7) is 3.22. The average molecular weight is 312 g/mol. The highest BCUT2D eigenvalue weighted by atomic mass is 35.5. The van der Waals surface area contributed by atoms with Crippen molar-refractivity contribution in [2.45, 2.75) is 32.4 Å². The summed E-state index contributed by atoms with van der Waals surface area (Å²) in [4.78, 5) is 23.9. The molecular weight excluding hydrogens is 294 g/mol. The molecule has 1 aliphatic heterocycles. The maximum atomic E-state index is 11.3. The zero-order chi connectivity index (χ0) is 15.6. The highest BCUT2D eigenvalue weighted by Crippen LogP contribution is 2.28. The topological polar surface area (TPSA) is 89.5 Å². The molecule has 0 spiro atoms. The third-order valence-electron chi connectivity index (χ3n) is 4.01. The van der Waals surface area contributed by atoms with Crippen molar-refractivity contribution >= 4 is 23.2 Å². The molecule has 1 aliphatic rings. The molecule has 2 rings (SSSR count). The molecule has 0 saturated carbocycles. The van der Waals surface area contributed by atoms with Crippen molar-refractivity contribution in [3.63, 3.8) is 0 Å². The number of likely N-dealkylation sites (tertiary alicyclic amines) is 1. The number of piperidine rings is 1. The first kappa shape index (κ1) is 15.7. The van der Waals surface area contributed by atoms with Gasteiger partial charge in [0, 0.05) is 25.2 Å². The summed E-state index contributed by atoms with van der Waals surface area (Å²) in [5.74, 6) is -0.433. The Morgan fingerprint density at radius 1 is 1.52 bits per heavy atom. The van der Waals surface area contributed by atoms with E-state index in [4.69, 9.17) is 17.3 Å². The molecule has 21 heavy (non-hydrogen) atoms. The van der Waals surface area contributed by atoms with E-state index in [1.165, 1.54) is 12.1 Å². The SMILES string of the molecule is CC1CCC(C(N)=O)CN1Cc1ccc(Cl)c([N+](=O)[O-])c1. The molecule has 1 aromatic carbocycles. The van der Waals surface area contributed by atoms with Gasteiger partial charge in [-0.15, -0.1) is 0 Å². The zero-order valence-electron chi connectivity index (χ0n) is 11.8. The van der Waals surface area contributed by atoms with Crippen molar-refractivity contribution in [1.82, 2.24) is 4.90 Å². The number of primary amides is 1. The Morgan fingerprint density at radius 2 is 2.24 bits per heavy atom. The number of halogens is 1. The minimum atomic E-state index is -0.488. The van der Waals surface area contributed by atoms with Gasteiger partial charge in [0.2, 0.25) is 5.91 Å². The molecule has 0 radical (unpaired) electrons. The van der Waals surface area contributed by atoms with Gasteiger partial charge < -0.3 is 5.73 Å². The second-order valence-electron chi connectivity index (χ2n) is 5.50. The molecule has 2 atom stereocenters. The van der Waals surface area contributed by atoms with Crippen LogP contribution < -0.4 is 5.73 Å². The van der Waals surface area contributed by atoms with Gasteiger partial charge in [-0.25, -0.2) is 0 Å². The Kier molecular flexibility index (Phi) is 4.80. The minimum absolute atomic E-state index is 0.0923. The fraction of sp³-hybridized carbons (Fsp3) is 0.500. The largest absolute Gasteiger partial charge is 0.369 e. The number of amides is 1. The fourth-order valence-corrected chi connectivity index (χ4v) is 2.85. The number of nitrogens with two attached hydrogens (primary N) is 1. The number of carbonyl (C=O) groups excluding carboxylic acids is 1. The molecular formula is C14H18ClN3O3. The number of nitro groups is 1. The summed E-state index contributed by atoms with van der Waals surface area (Å²) in [6.07, 6.45) is 1.69. The Hall–Kier alpha value is -1.66. The van der Waals surface area contributed by atoms with E-state index < -0.39 is 4.92 Å². The number of hydrogen-bond acceptors (Lipinski definition) is 4. The first-order valence-electron chi connectivity index (χ1n) is 6.84. The standard InChI is InChI=1S/C14H18ClN3O3/c1-9-2-4-11(14(16)19)8-17(9)7-10-3-5-12(15)13(6-10)18(20)21/h3,5-6,9,11H,2,4,7-8H2,1H3,(H2,16,19). The van der Waals surface area contributed by atoms with E-state index in [0.717, 1.165) is 18.4 Å². The molecule has 1 aromatic rings. The van der Waals surface area contributed by atoms with E-state index in [9.17, 15) is 14.9 Å². The molecule has 1 fully saturated rings. The van der Waals surface area contributed by atoms with Crippen LogP contribution in [0.15, 0.2) is 18.2 Å². The minimum Gasteiger partial charge on any atom is -0.369 e. The molecule has 0 bridgehead atoms. The molecule has 114 valence electrons. The lowest BCUT2D eigenvalue weighted by Crippen LogP contribution is -2.45. The molecule has 2 N–H and O–H groups in total. The van der Waals surface area contributed by atoms with Gasteiger partial charge in [0.05, 0.1) is 10.8 Å². The van der Waals surface area contributed by atoms with E-state index in [2.05, 4.69) is 11.8 Å². The van der Waals surface area contributed by atoms with Crippen LogP contribution in [-0.4, -0.2) is 28.3 Å². The van der Waals surface area contributed by atoms with Gasteiger partial charge in [-0.3, -0.25) is 19.8 Å². The van der Waals surface area contributed by atoms with E-state index in [1.54, 1.807) is 6.07 Å². The van der Waals surface area contributed by atoms with Crippen molar-refractivity contribution in [2.75, 3.05) is 6.54 Å². The Morgan fingerprint density at radius 3 is 2.86 bits per heavy atom. The van der Waals surface area contributed by atoms with Crippen LogP contribution >= 0.6 is 11.6 Å². The summed E-state index contributed by atoms with van der Waals surface area (Å²) in [5.41, 5.74) is 6.10. The van der Waals surface area contributed by atoms with Gasteiger partial charge in [0.1, 0.15) is 5.02 Å². The molecule has 6 nitrogen and oxygen atoms in total. The van der Waals surface area contributed by atoms with Crippen molar-refractivity contribution in [1.29, 1.82) is 0 Å². The first-order chi connectivity index (χ1) is 9.88. The van der Waals surface area contributed by atoms with Crippen LogP contribution in [0, 0.1) is 16.0 Å². The number of rotatable bonds is 4. The summed E-state index contributed by atoms with van der Waals surface area (Å²) in [5, 5.41) is 11.0. The van der Waals surface area contributed by atoms with Crippen LogP contribution in [0.25, 0.3) is 0 Å². The molecule has 0 aliphatic carbocycles. The number of benzene rings is 1. The molecule has 1 amide bonds. The average Bonchev–Trinajstić information content (AvgIpc) is 2.42. The van der Waals surface area contributed by atoms with Crippen molar-refractivity contribution in [3.8, 4) is 0 Å². The van der Waals surface area contributed by atoms with E-state index in [0.29, 0.717) is 19.1 Å². The first-order valence-corrected chi connectivity index (χ1v) is 7.22. The maximum absolute atomic E-state index is 11.3. The lowest BCUT2D eigenvalue weighted by molar-refractivity contribution is -0.384. The van der Waals surface area contributed by atoms with Crippen LogP contribution in [0.2, 0.25) is 5.02 Å². The number of nitrogens with zero attached hydrogens (tertiary/aromatic N) is 2. The zero-order valence-corrected chi connectivity index (χ0v) is 12.5. The lowest BCUT2D eigenvalue weighted by Gasteiger charge is -2.36. The highest BCUT2D eigenvalue weighted by Gasteiger charge is 2.28. The molecule has 0 aromatic heterocycles. The molecule has 7 heteroatoms. The fourth-order valence-electron chi connectivity index (χ4n) is 2.66. The van der Waals surface area contributed by atoms with Crippen LogP contribution in [0.5, 0.6) is 0 Å². The third-order valence-corrected chi connectivity index (χ3v) is 4.33. The second kappa shape index (κ2) is 6.41. The van der Waals surface area contributed by atoms with Gasteiger partial charge in [-0.05, 0) is 31.4 Å². The number of nitro benzene ring substituents is 1. The molecule has 1 heterocycles. The van der Waals surface area contributed by atoms with Crippen molar-refractivity contribution < 1.29 is 9.72 Å². The van der Waals surface area contributed by atoms with E-state index in [-0.39, 0.29) is 22.5 Å². The Labute approximate surface area is 128 Å². The van der Waals surface area contributed by atoms with Crippen LogP contribution in [0.4, 0.5) is 5.69 Å². The van der Waals surface area contributed by atoms with Crippen LogP contribution in [0.1, 0.15) is 25.3 Å². The van der Waals surface area contributed by atoms with E-state index >= 15 is 0 Å². The summed E-state index contributed by atoms with van der Waals surface area (Å²) in [6, 6.07) is 5.11. The summed E-state index contributed by atoms with van der Waals surface area (Å²) < 4.78 is 0. The quantitative estimate of drug-likeness (QED) is 0.682. The van der Waals surface area contributed by atoms with Crippen LogP contribution in [-0.2, 0) is 11.3 Å². The normalized spacial score (nSPS) is 23.0. The number of hydrogen-bond donors (Lipinski definition) is 1. The Balaban J connectivity index is 2.14. The van der Waals surface area contributed by atoms with Gasteiger partial charge >= 0.3 is 0 Å². The van der Waals surface area contributed by atoms with E-state index in [1.807, 2.05) is 0 Å². The summed E-state index contributed by atoms with van der Waals surface area (Å²) >= 11 is 5.81. The van der Waals surface area contributed by atoms with Gasteiger partial charge in [-0.1, -0.05) is 17.7 Å².